The summed E-state index contributed by atoms with van der Waals surface area (Å²) >= 11 is 0. The zero-order valence-corrected chi connectivity index (χ0v) is 9.42. The maximum absolute atomic E-state index is 2.51. The van der Waals surface area contributed by atoms with Crippen LogP contribution in [0.3, 0.4) is 0 Å². The summed E-state index contributed by atoms with van der Waals surface area (Å²) in [4.78, 5) is 0. The van der Waals surface area contributed by atoms with Gasteiger partial charge in [0.15, 0.2) is 0 Å². The van der Waals surface area contributed by atoms with Crippen molar-refractivity contribution in [3.63, 3.8) is 0 Å². The Morgan fingerprint density at radius 1 is 1.00 bits per heavy atom. The average molecular weight is 180 g/mol. The van der Waals surface area contributed by atoms with Crippen molar-refractivity contribution < 1.29 is 0 Å². The molecule has 2 bridgehead atoms. The maximum Gasteiger partial charge on any atom is -0.0381 e. The van der Waals surface area contributed by atoms with Crippen molar-refractivity contribution in [2.45, 2.75) is 52.9 Å². The molecule has 2 saturated carbocycles. The van der Waals surface area contributed by atoms with E-state index in [0.717, 1.165) is 29.6 Å². The minimum absolute atomic E-state index is 1.02. The van der Waals surface area contributed by atoms with Crippen LogP contribution in [0.4, 0.5) is 0 Å². The topological polar surface area (TPSA) is 0 Å². The molecule has 0 aromatic heterocycles. The summed E-state index contributed by atoms with van der Waals surface area (Å²) in [6.07, 6.45) is 7.57. The van der Waals surface area contributed by atoms with Crippen LogP contribution in [0, 0.1) is 29.6 Å². The molecule has 0 amide bonds. The summed E-state index contributed by atoms with van der Waals surface area (Å²) in [5.41, 5.74) is 0. The summed E-state index contributed by atoms with van der Waals surface area (Å²) in [6.45, 7) is 7.34. The molecule has 2 rings (SSSR count). The standard InChI is InChI=1S/C13H24/c1-4-12-7-11-5-9(2)6-13(8-11)10(12)3/h9-13H,4-8H2,1-3H3. The van der Waals surface area contributed by atoms with Crippen molar-refractivity contribution >= 4 is 0 Å². The second-order valence-electron chi connectivity index (χ2n) is 5.70. The molecule has 0 aromatic rings. The lowest BCUT2D eigenvalue weighted by Crippen LogP contribution is -2.36. The highest BCUT2D eigenvalue weighted by molar-refractivity contribution is 4.88. The Morgan fingerprint density at radius 2 is 1.77 bits per heavy atom. The van der Waals surface area contributed by atoms with Crippen LogP contribution in [0.1, 0.15) is 52.9 Å². The van der Waals surface area contributed by atoms with Crippen LogP contribution < -0.4 is 0 Å². The van der Waals surface area contributed by atoms with Crippen LogP contribution in [-0.2, 0) is 0 Å². The fraction of sp³-hybridized carbons (Fsp3) is 1.00. The van der Waals surface area contributed by atoms with Gasteiger partial charge in [0.1, 0.15) is 0 Å². The Kier molecular flexibility index (Phi) is 2.67. The molecule has 2 aliphatic carbocycles. The first-order valence-electron chi connectivity index (χ1n) is 6.20. The predicted molar refractivity (Wildman–Crippen MR) is 57.6 cm³/mol. The number of hydrogen-bond acceptors (Lipinski definition) is 0. The van der Waals surface area contributed by atoms with E-state index in [1.165, 1.54) is 19.3 Å². The van der Waals surface area contributed by atoms with Crippen molar-refractivity contribution in [1.82, 2.24) is 0 Å². The fourth-order valence-corrected chi connectivity index (χ4v) is 3.99. The Labute approximate surface area is 83.1 Å². The van der Waals surface area contributed by atoms with Gasteiger partial charge in [-0.15, -0.1) is 0 Å². The number of hydrogen-bond donors (Lipinski definition) is 0. The monoisotopic (exact) mass is 180 g/mol. The fourth-order valence-electron chi connectivity index (χ4n) is 3.99. The Balaban J connectivity index is 2.05. The third-order valence-electron chi connectivity index (χ3n) is 4.72. The quantitative estimate of drug-likeness (QED) is 0.570. The van der Waals surface area contributed by atoms with Gasteiger partial charge in [-0.1, -0.05) is 27.2 Å². The minimum atomic E-state index is 1.02. The van der Waals surface area contributed by atoms with Crippen LogP contribution in [0.15, 0.2) is 0 Å². The van der Waals surface area contributed by atoms with Crippen molar-refractivity contribution in [2.24, 2.45) is 29.6 Å². The molecule has 0 radical (unpaired) electrons. The van der Waals surface area contributed by atoms with Gasteiger partial charge in [0.25, 0.3) is 0 Å². The van der Waals surface area contributed by atoms with Gasteiger partial charge in [-0.05, 0) is 55.3 Å². The molecule has 0 heterocycles. The lowest BCUT2D eigenvalue weighted by atomic mass is 9.60. The molecule has 2 fully saturated rings. The van der Waals surface area contributed by atoms with Gasteiger partial charge in [-0.25, -0.2) is 0 Å². The summed E-state index contributed by atoms with van der Waals surface area (Å²) < 4.78 is 0. The normalized spacial score (nSPS) is 50.5. The third-order valence-corrected chi connectivity index (χ3v) is 4.72. The van der Waals surface area contributed by atoms with E-state index in [9.17, 15) is 0 Å². The summed E-state index contributed by atoms with van der Waals surface area (Å²) in [5, 5.41) is 0. The molecule has 0 spiro atoms. The predicted octanol–water partition coefficient (Wildman–Crippen LogP) is 4.10. The lowest BCUT2D eigenvalue weighted by molar-refractivity contribution is 0.0471. The molecule has 0 aliphatic heterocycles. The summed E-state index contributed by atoms with van der Waals surface area (Å²) in [5.74, 6) is 5.26. The van der Waals surface area contributed by atoms with Gasteiger partial charge < -0.3 is 0 Å². The molecule has 5 unspecified atom stereocenters. The Morgan fingerprint density at radius 3 is 2.46 bits per heavy atom. The molecule has 0 N–H and O–H groups in total. The first-order chi connectivity index (χ1) is 6.20. The lowest BCUT2D eigenvalue weighted by Gasteiger charge is -2.46. The highest BCUT2D eigenvalue weighted by Crippen LogP contribution is 2.48. The number of rotatable bonds is 1. The molecular formula is C13H24. The van der Waals surface area contributed by atoms with Crippen LogP contribution >= 0.6 is 0 Å². The molecule has 0 saturated heterocycles. The molecular weight excluding hydrogens is 156 g/mol. The molecule has 5 atom stereocenters. The molecule has 76 valence electrons. The molecule has 0 heteroatoms. The molecule has 2 aliphatic rings. The van der Waals surface area contributed by atoms with Gasteiger partial charge in [0.05, 0.1) is 0 Å². The van der Waals surface area contributed by atoms with Crippen molar-refractivity contribution in [1.29, 1.82) is 0 Å². The molecule has 0 aromatic carbocycles. The molecule has 0 nitrogen and oxygen atoms in total. The molecule has 13 heavy (non-hydrogen) atoms. The van der Waals surface area contributed by atoms with Crippen LogP contribution in [0.25, 0.3) is 0 Å². The van der Waals surface area contributed by atoms with Crippen LogP contribution in [-0.4, -0.2) is 0 Å². The van der Waals surface area contributed by atoms with E-state index in [1.807, 2.05) is 0 Å². The van der Waals surface area contributed by atoms with Crippen molar-refractivity contribution in [2.75, 3.05) is 0 Å². The SMILES string of the molecule is CCC1CC2CC(C)CC(C2)C1C. The van der Waals surface area contributed by atoms with Crippen LogP contribution in [0.5, 0.6) is 0 Å². The van der Waals surface area contributed by atoms with E-state index in [2.05, 4.69) is 20.8 Å². The van der Waals surface area contributed by atoms with Gasteiger partial charge in [-0.3, -0.25) is 0 Å². The van der Waals surface area contributed by atoms with Crippen molar-refractivity contribution in [3.8, 4) is 0 Å². The first-order valence-corrected chi connectivity index (χ1v) is 6.20. The second-order valence-corrected chi connectivity index (χ2v) is 5.70. The third kappa shape index (κ3) is 1.78. The van der Waals surface area contributed by atoms with E-state index in [1.54, 1.807) is 12.8 Å². The van der Waals surface area contributed by atoms with Crippen molar-refractivity contribution in [3.05, 3.63) is 0 Å². The van der Waals surface area contributed by atoms with E-state index in [0.29, 0.717) is 0 Å². The maximum atomic E-state index is 2.51. The van der Waals surface area contributed by atoms with E-state index < -0.39 is 0 Å². The minimum Gasteiger partial charge on any atom is -0.0651 e. The second kappa shape index (κ2) is 3.63. The van der Waals surface area contributed by atoms with E-state index >= 15 is 0 Å². The highest BCUT2D eigenvalue weighted by Gasteiger charge is 2.38. The van der Waals surface area contributed by atoms with Gasteiger partial charge >= 0.3 is 0 Å². The first kappa shape index (κ1) is 9.55. The zero-order valence-electron chi connectivity index (χ0n) is 9.42. The Bertz CT molecular complexity index is 171. The average Bonchev–Trinajstić information content (AvgIpc) is 2.10. The largest absolute Gasteiger partial charge is 0.0651 e. The number of fused-ring (bicyclic) bond motifs is 2. The summed E-state index contributed by atoms with van der Waals surface area (Å²) in [7, 11) is 0. The van der Waals surface area contributed by atoms with Gasteiger partial charge in [0, 0.05) is 0 Å². The van der Waals surface area contributed by atoms with Gasteiger partial charge in [0.2, 0.25) is 0 Å². The van der Waals surface area contributed by atoms with E-state index in [4.69, 9.17) is 0 Å². The smallest absolute Gasteiger partial charge is 0.0381 e. The van der Waals surface area contributed by atoms with Crippen LogP contribution in [0.2, 0.25) is 0 Å². The summed E-state index contributed by atoms with van der Waals surface area (Å²) in [6, 6.07) is 0. The van der Waals surface area contributed by atoms with E-state index in [-0.39, 0.29) is 0 Å². The van der Waals surface area contributed by atoms with Gasteiger partial charge in [-0.2, -0.15) is 0 Å². The zero-order chi connectivity index (χ0) is 9.42. The highest BCUT2D eigenvalue weighted by atomic mass is 14.4. The Hall–Kier alpha value is 0.